The first-order valence-electron chi connectivity index (χ1n) is 4.64. The topological polar surface area (TPSA) is 37.3 Å². The lowest BCUT2D eigenvalue weighted by atomic mass is 10.3. The summed E-state index contributed by atoms with van der Waals surface area (Å²) < 4.78 is 0. The quantitative estimate of drug-likeness (QED) is 0.740. The molecule has 1 aliphatic heterocycles. The number of aliphatic carboxylic acids is 1. The van der Waals surface area contributed by atoms with Gasteiger partial charge in [-0.15, -0.1) is 0 Å². The Morgan fingerprint density at radius 3 is 2.33 bits per heavy atom. The molecule has 0 bridgehead atoms. The summed E-state index contributed by atoms with van der Waals surface area (Å²) in [5.41, 5.74) is 0. The van der Waals surface area contributed by atoms with Crippen molar-refractivity contribution >= 4 is 16.0 Å². The van der Waals surface area contributed by atoms with Crippen LogP contribution in [0.15, 0.2) is 0 Å². The van der Waals surface area contributed by atoms with E-state index in [0.717, 1.165) is 5.75 Å². The first-order chi connectivity index (χ1) is 5.68. The predicted octanol–water partition coefficient (Wildman–Crippen LogP) is 2.08. The van der Waals surface area contributed by atoms with Gasteiger partial charge < -0.3 is 5.11 Å². The number of carboxylic acids is 1. The molecule has 1 heterocycles. The lowest BCUT2D eigenvalue weighted by Gasteiger charge is -2.41. The summed E-state index contributed by atoms with van der Waals surface area (Å²) in [4.78, 5) is 10.7. The minimum atomic E-state index is -0.734. The molecule has 3 heteroatoms. The largest absolute Gasteiger partial charge is 0.481 e. The van der Waals surface area contributed by atoms with Gasteiger partial charge in [-0.3, -0.25) is 4.79 Å². The van der Waals surface area contributed by atoms with Crippen LogP contribution in [0.4, 0.5) is 0 Å². The van der Waals surface area contributed by atoms with E-state index in [1.54, 1.807) is 0 Å². The summed E-state index contributed by atoms with van der Waals surface area (Å²) in [7, 11) is -0.734. The molecule has 0 aromatic carbocycles. The third-order valence-corrected chi connectivity index (χ3v) is 7.09. The van der Waals surface area contributed by atoms with Gasteiger partial charge in [0.05, 0.1) is 5.75 Å². The lowest BCUT2D eigenvalue weighted by Crippen LogP contribution is -2.24. The second-order valence-electron chi connectivity index (χ2n) is 3.52. The molecule has 0 aromatic rings. The van der Waals surface area contributed by atoms with Gasteiger partial charge in [-0.2, -0.15) is 0 Å². The van der Waals surface area contributed by atoms with E-state index in [9.17, 15) is 4.79 Å². The summed E-state index contributed by atoms with van der Waals surface area (Å²) in [5.74, 6) is 3.39. The van der Waals surface area contributed by atoms with Crippen LogP contribution in [-0.4, -0.2) is 34.1 Å². The highest BCUT2D eigenvalue weighted by molar-refractivity contribution is 8.34. The van der Waals surface area contributed by atoms with E-state index in [2.05, 4.69) is 6.92 Å². The molecule has 1 rings (SSSR count). The minimum absolute atomic E-state index is 0.462. The number of rotatable bonds is 3. The molecule has 1 N–H and O–H groups in total. The molecule has 1 saturated heterocycles. The Bertz CT molecular complexity index is 162. The Hall–Kier alpha value is -0.180. The molecule has 12 heavy (non-hydrogen) atoms. The fourth-order valence-corrected chi connectivity index (χ4v) is 5.32. The zero-order valence-electron chi connectivity index (χ0n) is 7.71. The third-order valence-electron chi connectivity index (χ3n) is 2.70. The van der Waals surface area contributed by atoms with Crippen LogP contribution >= 0.6 is 10.0 Å². The maximum atomic E-state index is 10.7. The SMILES string of the molecule is CCS1(CC(=O)O)CCCCC1. The average Bonchev–Trinajstić information content (AvgIpc) is 2.05. The zero-order valence-corrected chi connectivity index (χ0v) is 8.53. The van der Waals surface area contributed by atoms with Crippen molar-refractivity contribution in [1.29, 1.82) is 0 Å². The second-order valence-corrected chi connectivity index (χ2v) is 7.65. The minimum Gasteiger partial charge on any atom is -0.481 e. The van der Waals surface area contributed by atoms with Gasteiger partial charge >= 0.3 is 5.97 Å². The molecule has 0 atom stereocenters. The molecular weight excluding hydrogens is 172 g/mol. The van der Waals surface area contributed by atoms with Gasteiger partial charge in [0, 0.05) is 0 Å². The van der Waals surface area contributed by atoms with Crippen molar-refractivity contribution in [3.05, 3.63) is 0 Å². The molecule has 1 aliphatic rings. The van der Waals surface area contributed by atoms with Gasteiger partial charge in [-0.05, 0) is 30.1 Å². The lowest BCUT2D eigenvalue weighted by molar-refractivity contribution is -0.133. The molecular formula is C9H18O2S. The van der Waals surface area contributed by atoms with Gasteiger partial charge in [-0.1, -0.05) is 13.3 Å². The number of carboxylic acid groups (broad SMARTS) is 1. The molecule has 2 nitrogen and oxygen atoms in total. The second kappa shape index (κ2) is 4.17. The van der Waals surface area contributed by atoms with Crippen molar-refractivity contribution in [2.24, 2.45) is 0 Å². The standard InChI is InChI=1S/C9H18O2S/c1-2-12(8-9(10)11)6-4-3-5-7-12/h2-8H2,1H3,(H,10,11). The van der Waals surface area contributed by atoms with Crippen molar-refractivity contribution in [2.75, 3.05) is 23.0 Å². The molecule has 0 aromatic heterocycles. The van der Waals surface area contributed by atoms with Crippen molar-refractivity contribution in [1.82, 2.24) is 0 Å². The third kappa shape index (κ3) is 2.41. The summed E-state index contributed by atoms with van der Waals surface area (Å²) in [6.07, 6.45) is 3.83. The van der Waals surface area contributed by atoms with Crippen LogP contribution in [0.25, 0.3) is 0 Å². The van der Waals surface area contributed by atoms with E-state index >= 15 is 0 Å². The normalized spacial score (nSPS) is 24.8. The average molecular weight is 190 g/mol. The summed E-state index contributed by atoms with van der Waals surface area (Å²) in [5, 5.41) is 8.78. The van der Waals surface area contributed by atoms with Crippen LogP contribution in [0.5, 0.6) is 0 Å². The van der Waals surface area contributed by atoms with Gasteiger partial charge in [0.1, 0.15) is 0 Å². The summed E-state index contributed by atoms with van der Waals surface area (Å²) >= 11 is 0. The van der Waals surface area contributed by atoms with Crippen LogP contribution < -0.4 is 0 Å². The van der Waals surface area contributed by atoms with Crippen molar-refractivity contribution in [2.45, 2.75) is 26.2 Å². The number of hydrogen-bond acceptors (Lipinski definition) is 1. The summed E-state index contributed by atoms with van der Waals surface area (Å²) in [6.45, 7) is 2.16. The van der Waals surface area contributed by atoms with E-state index in [1.807, 2.05) is 0 Å². The van der Waals surface area contributed by atoms with Crippen LogP contribution in [0.3, 0.4) is 0 Å². The van der Waals surface area contributed by atoms with E-state index in [1.165, 1.54) is 30.8 Å². The van der Waals surface area contributed by atoms with E-state index in [-0.39, 0.29) is 0 Å². The van der Waals surface area contributed by atoms with Gasteiger partial charge in [0.2, 0.25) is 0 Å². The predicted molar refractivity (Wildman–Crippen MR) is 54.2 cm³/mol. The van der Waals surface area contributed by atoms with E-state index in [4.69, 9.17) is 5.11 Å². The maximum Gasteiger partial charge on any atom is 0.311 e. The molecule has 0 saturated carbocycles. The zero-order chi connectivity index (χ0) is 9.03. The molecule has 1 fully saturated rings. The Labute approximate surface area is 75.7 Å². The monoisotopic (exact) mass is 190 g/mol. The fourth-order valence-electron chi connectivity index (χ4n) is 1.89. The molecule has 0 aliphatic carbocycles. The highest BCUT2D eigenvalue weighted by atomic mass is 32.3. The Morgan fingerprint density at radius 1 is 1.33 bits per heavy atom. The molecule has 0 spiro atoms. The Balaban J connectivity index is 2.53. The highest BCUT2D eigenvalue weighted by Gasteiger charge is 2.26. The van der Waals surface area contributed by atoms with Crippen LogP contribution in [-0.2, 0) is 4.79 Å². The molecule has 72 valence electrons. The first kappa shape index (κ1) is 9.90. The van der Waals surface area contributed by atoms with E-state index < -0.39 is 16.0 Å². The number of hydrogen-bond donors (Lipinski definition) is 1. The Kier molecular flexibility index (Phi) is 3.44. The van der Waals surface area contributed by atoms with Crippen LogP contribution in [0.1, 0.15) is 26.2 Å². The van der Waals surface area contributed by atoms with Crippen molar-refractivity contribution < 1.29 is 9.90 Å². The molecule has 0 radical (unpaired) electrons. The van der Waals surface area contributed by atoms with Crippen molar-refractivity contribution in [3.63, 3.8) is 0 Å². The van der Waals surface area contributed by atoms with E-state index in [0.29, 0.717) is 5.75 Å². The van der Waals surface area contributed by atoms with Crippen LogP contribution in [0, 0.1) is 0 Å². The van der Waals surface area contributed by atoms with Gasteiger partial charge in [0.25, 0.3) is 0 Å². The summed E-state index contributed by atoms with van der Waals surface area (Å²) in [6, 6.07) is 0. The number of carbonyl (C=O) groups is 1. The Morgan fingerprint density at radius 2 is 1.92 bits per heavy atom. The van der Waals surface area contributed by atoms with Gasteiger partial charge in [-0.25, -0.2) is 10.0 Å². The fraction of sp³-hybridized carbons (Fsp3) is 0.889. The van der Waals surface area contributed by atoms with Crippen LogP contribution in [0.2, 0.25) is 0 Å². The van der Waals surface area contributed by atoms with Gasteiger partial charge in [0.15, 0.2) is 0 Å². The highest BCUT2D eigenvalue weighted by Crippen LogP contribution is 2.51. The maximum absolute atomic E-state index is 10.7. The molecule has 0 amide bonds. The first-order valence-corrected chi connectivity index (χ1v) is 6.95. The smallest absolute Gasteiger partial charge is 0.311 e. The van der Waals surface area contributed by atoms with Crippen molar-refractivity contribution in [3.8, 4) is 0 Å². The molecule has 0 unspecified atom stereocenters.